The molecule has 4 aromatic rings. The number of hydrogen-bond acceptors (Lipinski definition) is 3. The molecule has 1 N–H and O–H groups in total. The lowest BCUT2D eigenvalue weighted by Gasteiger charge is -2.05. The van der Waals surface area contributed by atoms with E-state index in [4.69, 9.17) is 11.6 Å². The number of H-pyrrole nitrogens is 1. The summed E-state index contributed by atoms with van der Waals surface area (Å²) in [5.74, 6) is 1.23. The van der Waals surface area contributed by atoms with Crippen molar-refractivity contribution < 1.29 is 4.52 Å². The highest BCUT2D eigenvalue weighted by Gasteiger charge is 2.23. The van der Waals surface area contributed by atoms with Crippen LogP contribution in [0, 0.1) is 6.92 Å². The van der Waals surface area contributed by atoms with Crippen LogP contribution in [0.15, 0.2) is 41.3 Å². The fourth-order valence-electron chi connectivity index (χ4n) is 2.73. The SMILES string of the molecule is Cc1nc2nc3ccn(C)c(=O)c3c(-c3cccc(Cl)c3)[n+]2[nH]1. The standard InChI is InChI=1S/C16H12ClN5O/c1-9-18-16-19-12-6-7-21(2)15(23)13(12)14(22(16)20-9)10-4-3-5-11(17)8-10/h3-8H,1-2H3/p+1. The van der Waals surface area contributed by atoms with Crippen LogP contribution in [0.2, 0.25) is 5.02 Å². The molecule has 0 atom stereocenters. The largest absolute Gasteiger partial charge is 0.458 e. The summed E-state index contributed by atoms with van der Waals surface area (Å²) in [7, 11) is 1.72. The number of hydrogen-bond donors (Lipinski definition) is 1. The molecule has 6 nitrogen and oxygen atoms in total. The number of pyridine rings is 1. The van der Waals surface area contributed by atoms with Gasteiger partial charge in [-0.1, -0.05) is 33.7 Å². The molecular weight excluding hydrogens is 314 g/mol. The van der Waals surface area contributed by atoms with E-state index in [1.165, 1.54) is 4.57 Å². The van der Waals surface area contributed by atoms with Crippen LogP contribution in [-0.4, -0.2) is 19.6 Å². The van der Waals surface area contributed by atoms with Gasteiger partial charge in [0.25, 0.3) is 5.56 Å². The first-order valence-corrected chi connectivity index (χ1v) is 7.46. The molecule has 4 rings (SSSR count). The molecule has 0 fully saturated rings. The van der Waals surface area contributed by atoms with Crippen LogP contribution in [0.1, 0.15) is 5.82 Å². The molecule has 3 aromatic heterocycles. The minimum absolute atomic E-state index is 0.119. The van der Waals surface area contributed by atoms with Crippen molar-refractivity contribution in [2.45, 2.75) is 6.92 Å². The Bertz CT molecular complexity index is 1130. The molecule has 0 spiro atoms. The fourth-order valence-corrected chi connectivity index (χ4v) is 2.92. The second-order valence-corrected chi connectivity index (χ2v) is 5.84. The molecule has 0 aliphatic heterocycles. The number of rotatable bonds is 1. The summed E-state index contributed by atoms with van der Waals surface area (Å²) in [6.45, 7) is 1.85. The highest BCUT2D eigenvalue weighted by Crippen LogP contribution is 2.24. The zero-order chi connectivity index (χ0) is 16.1. The van der Waals surface area contributed by atoms with Crippen LogP contribution in [0.4, 0.5) is 0 Å². The number of nitrogens with zero attached hydrogens (tertiary/aromatic N) is 4. The third-order valence-electron chi connectivity index (χ3n) is 3.77. The molecule has 1 aromatic carbocycles. The summed E-state index contributed by atoms with van der Waals surface area (Å²) < 4.78 is 3.26. The van der Waals surface area contributed by atoms with Gasteiger partial charge >= 0.3 is 5.78 Å². The van der Waals surface area contributed by atoms with Gasteiger partial charge in [-0.05, 0) is 18.2 Å². The van der Waals surface area contributed by atoms with Gasteiger partial charge in [-0.3, -0.25) is 4.79 Å². The Morgan fingerprint density at radius 3 is 2.87 bits per heavy atom. The van der Waals surface area contributed by atoms with Gasteiger partial charge in [0.15, 0.2) is 11.2 Å². The molecule has 114 valence electrons. The lowest BCUT2D eigenvalue weighted by Crippen LogP contribution is -2.31. The second-order valence-electron chi connectivity index (χ2n) is 5.41. The van der Waals surface area contributed by atoms with Gasteiger partial charge in [-0.25, -0.2) is 5.10 Å². The van der Waals surface area contributed by atoms with Crippen LogP contribution >= 0.6 is 11.6 Å². The van der Waals surface area contributed by atoms with Crippen molar-refractivity contribution in [2.75, 3.05) is 0 Å². The molecule has 3 heterocycles. The highest BCUT2D eigenvalue weighted by atomic mass is 35.5. The molecule has 0 radical (unpaired) electrons. The Morgan fingerprint density at radius 2 is 2.09 bits per heavy atom. The van der Waals surface area contributed by atoms with Crippen LogP contribution in [0.5, 0.6) is 0 Å². The zero-order valence-electron chi connectivity index (χ0n) is 12.5. The Labute approximate surface area is 136 Å². The monoisotopic (exact) mass is 326 g/mol. The first kappa shape index (κ1) is 13.9. The number of aryl methyl sites for hydroxylation is 2. The predicted molar refractivity (Wildman–Crippen MR) is 87.5 cm³/mol. The Kier molecular flexibility index (Phi) is 2.96. The van der Waals surface area contributed by atoms with Crippen molar-refractivity contribution in [3.63, 3.8) is 0 Å². The molecule has 0 bridgehead atoms. The van der Waals surface area contributed by atoms with E-state index in [0.29, 0.717) is 33.2 Å². The molecule has 0 unspecified atom stereocenters. The van der Waals surface area contributed by atoms with Gasteiger partial charge in [-0.2, -0.15) is 0 Å². The summed E-state index contributed by atoms with van der Waals surface area (Å²) in [4.78, 5) is 21.6. The number of aromatic nitrogens is 5. The number of aromatic amines is 1. The molecule has 0 saturated carbocycles. The summed E-state index contributed by atoms with van der Waals surface area (Å²) in [5, 5.41) is 4.26. The van der Waals surface area contributed by atoms with Crippen molar-refractivity contribution in [3.05, 3.63) is 57.7 Å². The average molecular weight is 327 g/mol. The van der Waals surface area contributed by atoms with Gasteiger partial charge in [0.1, 0.15) is 5.39 Å². The average Bonchev–Trinajstić information content (AvgIpc) is 2.89. The number of benzene rings is 1. The summed E-state index contributed by atoms with van der Waals surface area (Å²) in [6.07, 6.45) is 1.70. The van der Waals surface area contributed by atoms with Gasteiger partial charge in [0.05, 0.1) is 0 Å². The lowest BCUT2D eigenvalue weighted by atomic mass is 10.1. The Hall–Kier alpha value is -2.73. The van der Waals surface area contributed by atoms with Crippen LogP contribution in [0.25, 0.3) is 27.9 Å². The maximum absolute atomic E-state index is 12.7. The van der Waals surface area contributed by atoms with Crippen molar-refractivity contribution in [2.24, 2.45) is 7.05 Å². The van der Waals surface area contributed by atoms with E-state index in [-0.39, 0.29) is 5.56 Å². The summed E-state index contributed by atoms with van der Waals surface area (Å²) in [6, 6.07) is 9.20. The summed E-state index contributed by atoms with van der Waals surface area (Å²) in [5.41, 5.74) is 2.02. The van der Waals surface area contributed by atoms with E-state index in [1.54, 1.807) is 23.8 Å². The van der Waals surface area contributed by atoms with E-state index >= 15 is 0 Å². The zero-order valence-corrected chi connectivity index (χ0v) is 13.3. The van der Waals surface area contributed by atoms with Crippen molar-refractivity contribution in [1.29, 1.82) is 0 Å². The van der Waals surface area contributed by atoms with Gasteiger partial charge in [0.2, 0.25) is 5.82 Å². The molecule has 7 heteroatoms. The topological polar surface area (TPSA) is 67.7 Å². The normalized spacial score (nSPS) is 11.4. The van der Waals surface area contributed by atoms with E-state index in [1.807, 2.05) is 31.2 Å². The molecular formula is C16H13ClN5O+. The first-order valence-electron chi connectivity index (χ1n) is 7.08. The number of fused-ring (bicyclic) bond motifs is 2. The van der Waals surface area contributed by atoms with Crippen LogP contribution < -0.4 is 10.1 Å². The van der Waals surface area contributed by atoms with Crippen LogP contribution in [0.3, 0.4) is 0 Å². The maximum Gasteiger partial charge on any atom is 0.458 e. The lowest BCUT2D eigenvalue weighted by molar-refractivity contribution is -0.567. The van der Waals surface area contributed by atoms with Crippen LogP contribution in [-0.2, 0) is 7.05 Å². The molecule has 0 saturated heterocycles. The molecule has 0 amide bonds. The Morgan fingerprint density at radius 1 is 1.26 bits per heavy atom. The molecule has 0 aliphatic rings. The molecule has 0 aliphatic carbocycles. The second kappa shape index (κ2) is 4.89. The van der Waals surface area contributed by atoms with Gasteiger partial charge < -0.3 is 4.57 Å². The quantitative estimate of drug-likeness (QED) is 0.544. The summed E-state index contributed by atoms with van der Waals surface area (Å²) >= 11 is 6.14. The van der Waals surface area contributed by atoms with Gasteiger partial charge in [-0.15, -0.1) is 4.52 Å². The van der Waals surface area contributed by atoms with E-state index in [9.17, 15) is 4.79 Å². The van der Waals surface area contributed by atoms with Crippen molar-refractivity contribution in [3.8, 4) is 11.3 Å². The van der Waals surface area contributed by atoms with Crippen molar-refractivity contribution >= 4 is 28.3 Å². The Balaban J connectivity index is 2.29. The number of nitrogens with one attached hydrogen (secondary N) is 1. The minimum atomic E-state index is -0.119. The van der Waals surface area contributed by atoms with E-state index in [2.05, 4.69) is 15.1 Å². The fraction of sp³-hybridized carbons (Fsp3) is 0.125. The highest BCUT2D eigenvalue weighted by molar-refractivity contribution is 6.30. The molecule has 23 heavy (non-hydrogen) atoms. The smallest absolute Gasteiger partial charge is 0.318 e. The predicted octanol–water partition coefficient (Wildman–Crippen LogP) is 2.02. The maximum atomic E-state index is 12.7. The van der Waals surface area contributed by atoms with E-state index < -0.39 is 0 Å². The third-order valence-corrected chi connectivity index (χ3v) is 4.00. The number of halogens is 1. The first-order chi connectivity index (χ1) is 11.0. The van der Waals surface area contributed by atoms with E-state index in [0.717, 1.165) is 5.56 Å². The minimum Gasteiger partial charge on any atom is -0.318 e. The third kappa shape index (κ3) is 2.10. The van der Waals surface area contributed by atoms with Gasteiger partial charge in [0, 0.05) is 30.8 Å². The van der Waals surface area contributed by atoms with Crippen molar-refractivity contribution in [1.82, 2.24) is 19.6 Å².